The Morgan fingerprint density at radius 2 is 2.10 bits per heavy atom. The number of carbonyl (C=O) groups is 1. The van der Waals surface area contributed by atoms with Gasteiger partial charge in [0.25, 0.3) is 5.91 Å². The average molecular weight is 274 g/mol. The predicted octanol–water partition coefficient (Wildman–Crippen LogP) is 2.85. The van der Waals surface area contributed by atoms with Crippen LogP contribution in [0.5, 0.6) is 0 Å². The Balaban J connectivity index is 2.04. The van der Waals surface area contributed by atoms with Gasteiger partial charge in [0, 0.05) is 18.7 Å². The molecule has 110 valence electrons. The third-order valence-corrected chi connectivity index (χ3v) is 3.98. The van der Waals surface area contributed by atoms with Crippen LogP contribution in [-0.2, 0) is 0 Å². The SMILES string of the molecule is CCCN(CC1CCNCC1)C(=O)c1cccc(C)c1. The largest absolute Gasteiger partial charge is 0.338 e. The van der Waals surface area contributed by atoms with Crippen molar-refractivity contribution in [2.45, 2.75) is 33.1 Å². The minimum Gasteiger partial charge on any atom is -0.338 e. The molecule has 1 fully saturated rings. The minimum absolute atomic E-state index is 0.189. The quantitative estimate of drug-likeness (QED) is 0.895. The van der Waals surface area contributed by atoms with E-state index in [1.165, 1.54) is 12.8 Å². The maximum absolute atomic E-state index is 12.7. The number of benzene rings is 1. The zero-order valence-corrected chi connectivity index (χ0v) is 12.7. The summed E-state index contributed by atoms with van der Waals surface area (Å²) in [5.41, 5.74) is 1.97. The molecule has 1 heterocycles. The molecule has 0 atom stereocenters. The number of nitrogens with one attached hydrogen (secondary N) is 1. The van der Waals surface area contributed by atoms with Gasteiger partial charge in [0.15, 0.2) is 0 Å². The van der Waals surface area contributed by atoms with Crippen LogP contribution in [0, 0.1) is 12.8 Å². The van der Waals surface area contributed by atoms with Crippen LogP contribution in [-0.4, -0.2) is 37.0 Å². The van der Waals surface area contributed by atoms with Gasteiger partial charge in [-0.15, -0.1) is 0 Å². The van der Waals surface area contributed by atoms with E-state index >= 15 is 0 Å². The van der Waals surface area contributed by atoms with Crippen molar-refractivity contribution in [3.05, 3.63) is 35.4 Å². The molecule has 1 aliphatic heterocycles. The standard InChI is InChI=1S/C17H26N2O/c1-3-11-19(13-15-7-9-18-10-8-15)17(20)16-6-4-5-14(2)12-16/h4-6,12,15,18H,3,7-11,13H2,1-2H3. The number of hydrogen-bond acceptors (Lipinski definition) is 2. The van der Waals surface area contributed by atoms with Gasteiger partial charge >= 0.3 is 0 Å². The van der Waals surface area contributed by atoms with E-state index < -0.39 is 0 Å². The molecule has 1 aromatic rings. The molecule has 1 saturated heterocycles. The molecule has 1 amide bonds. The second kappa shape index (κ2) is 7.44. The first-order valence-electron chi connectivity index (χ1n) is 7.77. The molecule has 0 saturated carbocycles. The number of aryl methyl sites for hydroxylation is 1. The van der Waals surface area contributed by atoms with E-state index in [4.69, 9.17) is 0 Å². The van der Waals surface area contributed by atoms with Crippen molar-refractivity contribution in [3.63, 3.8) is 0 Å². The van der Waals surface area contributed by atoms with E-state index in [0.717, 1.165) is 43.7 Å². The van der Waals surface area contributed by atoms with Crippen LogP contribution in [0.15, 0.2) is 24.3 Å². The molecule has 0 radical (unpaired) electrons. The number of nitrogens with zero attached hydrogens (tertiary/aromatic N) is 1. The summed E-state index contributed by atoms with van der Waals surface area (Å²) in [6, 6.07) is 7.93. The number of carbonyl (C=O) groups excluding carboxylic acids is 1. The highest BCUT2D eigenvalue weighted by Gasteiger charge is 2.21. The summed E-state index contributed by atoms with van der Waals surface area (Å²) in [4.78, 5) is 14.7. The first-order chi connectivity index (χ1) is 9.70. The molecule has 3 heteroatoms. The second-order valence-corrected chi connectivity index (χ2v) is 5.81. The first-order valence-corrected chi connectivity index (χ1v) is 7.77. The van der Waals surface area contributed by atoms with E-state index in [-0.39, 0.29) is 5.91 Å². The maximum atomic E-state index is 12.7. The molecule has 0 spiro atoms. The van der Waals surface area contributed by atoms with Gasteiger partial charge in [-0.3, -0.25) is 4.79 Å². The summed E-state index contributed by atoms with van der Waals surface area (Å²) < 4.78 is 0. The number of hydrogen-bond donors (Lipinski definition) is 1. The van der Waals surface area contributed by atoms with Gasteiger partial charge in [0.1, 0.15) is 0 Å². The molecule has 0 aromatic heterocycles. The van der Waals surface area contributed by atoms with Gasteiger partial charge in [0.05, 0.1) is 0 Å². The summed E-state index contributed by atoms with van der Waals surface area (Å²) in [5.74, 6) is 0.839. The lowest BCUT2D eigenvalue weighted by atomic mass is 9.97. The van der Waals surface area contributed by atoms with Crippen LogP contribution < -0.4 is 5.32 Å². The Hall–Kier alpha value is -1.35. The first kappa shape index (κ1) is 15.0. The number of piperidine rings is 1. The fourth-order valence-electron chi connectivity index (χ4n) is 2.88. The Bertz CT molecular complexity index is 438. The predicted molar refractivity (Wildman–Crippen MR) is 83.0 cm³/mol. The van der Waals surface area contributed by atoms with Crippen LogP contribution in [0.3, 0.4) is 0 Å². The molecule has 0 aliphatic carbocycles. The van der Waals surface area contributed by atoms with E-state index in [2.05, 4.69) is 12.2 Å². The van der Waals surface area contributed by atoms with Crippen molar-refractivity contribution >= 4 is 5.91 Å². The highest BCUT2D eigenvalue weighted by atomic mass is 16.2. The summed E-state index contributed by atoms with van der Waals surface area (Å²) in [6.45, 7) is 8.11. The van der Waals surface area contributed by atoms with Crippen molar-refractivity contribution in [2.24, 2.45) is 5.92 Å². The van der Waals surface area contributed by atoms with Crippen molar-refractivity contribution in [3.8, 4) is 0 Å². The van der Waals surface area contributed by atoms with Crippen molar-refractivity contribution in [1.29, 1.82) is 0 Å². The average Bonchev–Trinajstić information content (AvgIpc) is 2.47. The van der Waals surface area contributed by atoms with Crippen molar-refractivity contribution in [1.82, 2.24) is 10.2 Å². The molecular formula is C17H26N2O. The van der Waals surface area contributed by atoms with Crippen LogP contribution in [0.2, 0.25) is 0 Å². The maximum Gasteiger partial charge on any atom is 0.253 e. The summed E-state index contributed by atoms with van der Waals surface area (Å²) in [5, 5.41) is 3.38. The normalized spacial score (nSPS) is 16.1. The van der Waals surface area contributed by atoms with E-state index in [1.807, 2.05) is 36.1 Å². The Labute approximate surface area is 122 Å². The molecule has 1 aromatic carbocycles. The fourth-order valence-corrected chi connectivity index (χ4v) is 2.88. The smallest absolute Gasteiger partial charge is 0.253 e. The summed E-state index contributed by atoms with van der Waals surface area (Å²) >= 11 is 0. The van der Waals surface area contributed by atoms with Gasteiger partial charge in [-0.2, -0.15) is 0 Å². The summed E-state index contributed by atoms with van der Waals surface area (Å²) in [6.07, 6.45) is 3.38. The highest BCUT2D eigenvalue weighted by molar-refractivity contribution is 5.94. The molecule has 0 bridgehead atoms. The fraction of sp³-hybridized carbons (Fsp3) is 0.588. The molecule has 0 unspecified atom stereocenters. The molecule has 1 aliphatic rings. The second-order valence-electron chi connectivity index (χ2n) is 5.81. The summed E-state index contributed by atoms with van der Waals surface area (Å²) in [7, 11) is 0. The zero-order chi connectivity index (χ0) is 14.4. The Morgan fingerprint density at radius 3 is 2.75 bits per heavy atom. The van der Waals surface area contributed by atoms with Crippen LogP contribution in [0.4, 0.5) is 0 Å². The van der Waals surface area contributed by atoms with Crippen molar-refractivity contribution in [2.75, 3.05) is 26.2 Å². The number of rotatable bonds is 5. The Kier molecular flexibility index (Phi) is 5.60. The van der Waals surface area contributed by atoms with E-state index in [0.29, 0.717) is 5.92 Å². The minimum atomic E-state index is 0.189. The topological polar surface area (TPSA) is 32.3 Å². The van der Waals surface area contributed by atoms with Crippen LogP contribution in [0.25, 0.3) is 0 Å². The van der Waals surface area contributed by atoms with Crippen molar-refractivity contribution < 1.29 is 4.79 Å². The molecular weight excluding hydrogens is 248 g/mol. The van der Waals surface area contributed by atoms with Crippen LogP contribution >= 0.6 is 0 Å². The third kappa shape index (κ3) is 4.07. The highest BCUT2D eigenvalue weighted by Crippen LogP contribution is 2.16. The molecule has 3 nitrogen and oxygen atoms in total. The Morgan fingerprint density at radius 1 is 1.35 bits per heavy atom. The molecule has 20 heavy (non-hydrogen) atoms. The number of amides is 1. The van der Waals surface area contributed by atoms with Gasteiger partial charge in [-0.25, -0.2) is 0 Å². The van der Waals surface area contributed by atoms with E-state index in [1.54, 1.807) is 0 Å². The lowest BCUT2D eigenvalue weighted by Crippen LogP contribution is -2.39. The van der Waals surface area contributed by atoms with Gasteiger partial charge in [-0.1, -0.05) is 24.6 Å². The van der Waals surface area contributed by atoms with Gasteiger partial charge in [-0.05, 0) is 57.3 Å². The van der Waals surface area contributed by atoms with Gasteiger partial charge in [0.2, 0.25) is 0 Å². The van der Waals surface area contributed by atoms with Gasteiger partial charge < -0.3 is 10.2 Å². The lowest BCUT2D eigenvalue weighted by molar-refractivity contribution is 0.0716. The van der Waals surface area contributed by atoms with E-state index in [9.17, 15) is 4.79 Å². The zero-order valence-electron chi connectivity index (χ0n) is 12.7. The van der Waals surface area contributed by atoms with Crippen LogP contribution in [0.1, 0.15) is 42.1 Å². The monoisotopic (exact) mass is 274 g/mol. The molecule has 1 N–H and O–H groups in total. The molecule has 2 rings (SSSR count). The lowest BCUT2D eigenvalue weighted by Gasteiger charge is -2.30. The third-order valence-electron chi connectivity index (χ3n) is 3.98.